The zero-order chi connectivity index (χ0) is 13.1. The molecule has 0 unspecified atom stereocenters. The predicted molar refractivity (Wildman–Crippen MR) is 81.7 cm³/mol. The van der Waals surface area contributed by atoms with Crippen molar-refractivity contribution in [3.63, 3.8) is 0 Å². The molecule has 0 aliphatic heterocycles. The molecule has 5 heteroatoms. The van der Waals surface area contributed by atoms with Gasteiger partial charge in [0.2, 0.25) is 0 Å². The van der Waals surface area contributed by atoms with E-state index in [-0.39, 0.29) is 0 Å². The highest BCUT2D eigenvalue weighted by molar-refractivity contribution is 14.1. The SMILES string of the molecule is O=C(O)c1cc(Sc2ccc(Cl)cc2)ccc1I. The first kappa shape index (κ1) is 13.7. The number of carbonyl (C=O) groups is 1. The summed E-state index contributed by atoms with van der Waals surface area (Å²) in [5.41, 5.74) is 0.328. The molecule has 2 aromatic rings. The van der Waals surface area contributed by atoms with E-state index in [4.69, 9.17) is 16.7 Å². The van der Waals surface area contributed by atoms with Crippen molar-refractivity contribution >= 4 is 51.9 Å². The Morgan fingerprint density at radius 2 is 1.72 bits per heavy atom. The molecule has 0 radical (unpaired) electrons. The molecule has 2 nitrogen and oxygen atoms in total. The van der Waals surface area contributed by atoms with E-state index in [0.29, 0.717) is 10.6 Å². The Balaban J connectivity index is 2.27. The van der Waals surface area contributed by atoms with Gasteiger partial charge in [-0.2, -0.15) is 0 Å². The van der Waals surface area contributed by atoms with Crippen LogP contribution in [0, 0.1) is 3.57 Å². The topological polar surface area (TPSA) is 37.3 Å². The van der Waals surface area contributed by atoms with Crippen molar-refractivity contribution in [2.75, 3.05) is 0 Å². The van der Waals surface area contributed by atoms with Crippen molar-refractivity contribution in [1.29, 1.82) is 0 Å². The van der Waals surface area contributed by atoms with E-state index in [9.17, 15) is 4.79 Å². The molecule has 1 N–H and O–H groups in total. The van der Waals surface area contributed by atoms with Crippen LogP contribution in [0.2, 0.25) is 5.02 Å². The van der Waals surface area contributed by atoms with Gasteiger partial charge in [0, 0.05) is 18.4 Å². The van der Waals surface area contributed by atoms with Gasteiger partial charge >= 0.3 is 5.97 Å². The average Bonchev–Trinajstić information content (AvgIpc) is 2.34. The minimum atomic E-state index is -0.905. The number of hydrogen-bond acceptors (Lipinski definition) is 2. The highest BCUT2D eigenvalue weighted by Gasteiger charge is 2.09. The van der Waals surface area contributed by atoms with E-state index >= 15 is 0 Å². The third kappa shape index (κ3) is 3.40. The van der Waals surface area contributed by atoms with Crippen molar-refractivity contribution < 1.29 is 9.90 Å². The molecule has 0 spiro atoms. The fourth-order valence-corrected chi connectivity index (χ4v) is 2.92. The standard InChI is InChI=1S/C13H8ClIO2S/c14-8-1-3-9(4-2-8)18-10-5-6-12(15)11(7-10)13(16)17/h1-7H,(H,16,17). The number of carboxylic acids is 1. The highest BCUT2D eigenvalue weighted by Crippen LogP contribution is 2.30. The summed E-state index contributed by atoms with van der Waals surface area (Å²) in [6.45, 7) is 0. The molecule has 0 atom stereocenters. The third-order valence-electron chi connectivity index (χ3n) is 2.22. The molecule has 0 bridgehead atoms. The molecule has 0 fully saturated rings. The number of halogens is 2. The Labute approximate surface area is 127 Å². The molecule has 2 aromatic carbocycles. The second-order valence-corrected chi connectivity index (χ2v) is 6.25. The smallest absolute Gasteiger partial charge is 0.336 e. The Bertz CT molecular complexity index is 584. The summed E-state index contributed by atoms with van der Waals surface area (Å²) in [6.07, 6.45) is 0. The molecule has 0 heterocycles. The van der Waals surface area contributed by atoms with Gasteiger partial charge < -0.3 is 5.11 Å². The van der Waals surface area contributed by atoms with Crippen LogP contribution in [0.5, 0.6) is 0 Å². The van der Waals surface area contributed by atoms with E-state index in [1.54, 1.807) is 6.07 Å². The van der Waals surface area contributed by atoms with Crippen molar-refractivity contribution in [1.82, 2.24) is 0 Å². The quantitative estimate of drug-likeness (QED) is 0.765. The van der Waals surface area contributed by atoms with Gasteiger partial charge in [-0.1, -0.05) is 23.4 Å². The molecule has 0 amide bonds. The van der Waals surface area contributed by atoms with Crippen LogP contribution in [0.15, 0.2) is 52.3 Å². The maximum atomic E-state index is 11.0. The van der Waals surface area contributed by atoms with Gasteiger partial charge in [0.15, 0.2) is 0 Å². The number of benzene rings is 2. The van der Waals surface area contributed by atoms with Gasteiger partial charge in [-0.05, 0) is 65.1 Å². The molecule has 0 aliphatic carbocycles. The first-order valence-electron chi connectivity index (χ1n) is 5.02. The van der Waals surface area contributed by atoms with Gasteiger partial charge in [-0.25, -0.2) is 4.79 Å². The minimum Gasteiger partial charge on any atom is -0.478 e. The second kappa shape index (κ2) is 5.95. The van der Waals surface area contributed by atoms with E-state index in [1.807, 2.05) is 59.0 Å². The number of hydrogen-bond donors (Lipinski definition) is 1. The summed E-state index contributed by atoms with van der Waals surface area (Å²) in [5, 5.41) is 9.75. The van der Waals surface area contributed by atoms with Gasteiger partial charge in [-0.15, -0.1) is 0 Å². The molecule has 18 heavy (non-hydrogen) atoms. The monoisotopic (exact) mass is 390 g/mol. The fraction of sp³-hybridized carbons (Fsp3) is 0. The predicted octanol–water partition coefficient (Wildman–Crippen LogP) is 4.79. The summed E-state index contributed by atoms with van der Waals surface area (Å²) in [6, 6.07) is 12.8. The molecule has 0 aliphatic rings. The lowest BCUT2D eigenvalue weighted by Crippen LogP contribution is -1.99. The van der Waals surface area contributed by atoms with Crippen molar-refractivity contribution in [3.8, 4) is 0 Å². The zero-order valence-electron chi connectivity index (χ0n) is 9.06. The summed E-state index contributed by atoms with van der Waals surface area (Å²) < 4.78 is 0.737. The molecule has 0 saturated carbocycles. The van der Waals surface area contributed by atoms with Gasteiger partial charge in [0.05, 0.1) is 5.56 Å². The molecular weight excluding hydrogens is 383 g/mol. The molecular formula is C13H8ClIO2S. The summed E-state index contributed by atoms with van der Waals surface area (Å²) in [5.74, 6) is -0.905. The maximum Gasteiger partial charge on any atom is 0.336 e. The van der Waals surface area contributed by atoms with Crippen LogP contribution < -0.4 is 0 Å². The van der Waals surface area contributed by atoms with Crippen LogP contribution in [-0.4, -0.2) is 11.1 Å². The Morgan fingerprint density at radius 3 is 2.33 bits per heavy atom. The van der Waals surface area contributed by atoms with Crippen molar-refractivity contribution in [2.45, 2.75) is 9.79 Å². The normalized spacial score (nSPS) is 10.3. The van der Waals surface area contributed by atoms with Crippen LogP contribution in [0.4, 0.5) is 0 Å². The fourth-order valence-electron chi connectivity index (χ4n) is 1.37. The van der Waals surface area contributed by atoms with Gasteiger partial charge in [0.25, 0.3) is 0 Å². The van der Waals surface area contributed by atoms with Crippen LogP contribution in [0.25, 0.3) is 0 Å². The number of carboxylic acid groups (broad SMARTS) is 1. The summed E-state index contributed by atoms with van der Waals surface area (Å²) in [4.78, 5) is 13.0. The van der Waals surface area contributed by atoms with Gasteiger partial charge in [0.1, 0.15) is 0 Å². The van der Waals surface area contributed by atoms with Crippen LogP contribution >= 0.6 is 46.0 Å². The highest BCUT2D eigenvalue weighted by atomic mass is 127. The van der Waals surface area contributed by atoms with Crippen LogP contribution in [0.1, 0.15) is 10.4 Å². The van der Waals surface area contributed by atoms with Crippen molar-refractivity contribution in [2.24, 2.45) is 0 Å². The lowest BCUT2D eigenvalue weighted by atomic mass is 10.2. The molecule has 2 rings (SSSR count). The van der Waals surface area contributed by atoms with E-state index in [1.165, 1.54) is 11.8 Å². The Morgan fingerprint density at radius 1 is 1.11 bits per heavy atom. The average molecular weight is 391 g/mol. The van der Waals surface area contributed by atoms with E-state index in [2.05, 4.69) is 0 Å². The van der Waals surface area contributed by atoms with Gasteiger partial charge in [-0.3, -0.25) is 0 Å². The van der Waals surface area contributed by atoms with Crippen LogP contribution in [-0.2, 0) is 0 Å². The molecule has 92 valence electrons. The lowest BCUT2D eigenvalue weighted by Gasteiger charge is -2.04. The molecule has 0 saturated heterocycles. The third-order valence-corrected chi connectivity index (χ3v) is 4.41. The largest absolute Gasteiger partial charge is 0.478 e. The maximum absolute atomic E-state index is 11.0. The zero-order valence-corrected chi connectivity index (χ0v) is 12.8. The summed E-state index contributed by atoms with van der Waals surface area (Å²) >= 11 is 9.35. The second-order valence-electron chi connectivity index (χ2n) is 3.50. The first-order valence-corrected chi connectivity index (χ1v) is 7.30. The first-order chi connectivity index (χ1) is 8.56. The Kier molecular flexibility index (Phi) is 4.53. The van der Waals surface area contributed by atoms with E-state index in [0.717, 1.165) is 13.4 Å². The summed E-state index contributed by atoms with van der Waals surface area (Å²) in [7, 11) is 0. The number of rotatable bonds is 3. The molecule has 0 aromatic heterocycles. The van der Waals surface area contributed by atoms with E-state index < -0.39 is 5.97 Å². The van der Waals surface area contributed by atoms with Crippen LogP contribution in [0.3, 0.4) is 0 Å². The lowest BCUT2D eigenvalue weighted by molar-refractivity contribution is 0.0695. The number of aromatic carboxylic acids is 1. The minimum absolute atomic E-state index is 0.328. The van der Waals surface area contributed by atoms with Crippen molar-refractivity contribution in [3.05, 3.63) is 56.6 Å². The Hall–Kier alpha value is -0.720.